The molecule has 0 saturated carbocycles. The second-order valence-corrected chi connectivity index (χ2v) is 26.5. The largest absolute Gasteiger partial charge is 0.310 e. The van der Waals surface area contributed by atoms with Crippen molar-refractivity contribution in [3.8, 4) is 50.2 Å². The molecule has 18 rings (SSSR count). The summed E-state index contributed by atoms with van der Waals surface area (Å²) in [6.07, 6.45) is 4.47. The van der Waals surface area contributed by atoms with Gasteiger partial charge in [-0.3, -0.25) is 4.99 Å². The minimum Gasteiger partial charge on any atom is -0.310 e. The van der Waals surface area contributed by atoms with Gasteiger partial charge in [-0.2, -0.15) is 0 Å². The van der Waals surface area contributed by atoms with Crippen molar-refractivity contribution in [2.24, 2.45) is 9.98 Å². The second-order valence-electron chi connectivity index (χ2n) is 26.5. The number of allylic oxidation sites excluding steroid dienone is 5. The quantitative estimate of drug-likeness (QED) is 0.129. The summed E-state index contributed by atoms with van der Waals surface area (Å²) >= 11 is 0. The van der Waals surface area contributed by atoms with Crippen molar-refractivity contribution in [2.75, 3.05) is 0 Å². The molecule has 0 radical (unpaired) electrons. The van der Waals surface area contributed by atoms with Crippen LogP contribution in [-0.2, 0) is 10.8 Å². The molecule has 4 nitrogen and oxygen atoms in total. The van der Waals surface area contributed by atoms with Crippen LogP contribution in [0.25, 0.3) is 116 Å². The molecule has 1 aliphatic heterocycles. The molecule has 0 N–H and O–H groups in total. The summed E-state index contributed by atoms with van der Waals surface area (Å²) in [6.45, 7) is 16.3. The first-order valence-electron chi connectivity index (χ1n) is 32.0. The zero-order valence-electron chi connectivity index (χ0n) is 51.6. The van der Waals surface area contributed by atoms with Crippen molar-refractivity contribution in [1.29, 1.82) is 0 Å². The summed E-state index contributed by atoms with van der Waals surface area (Å²) in [5.41, 5.74) is 30.3. The number of hydrogen-bond acceptors (Lipinski definition) is 2. The molecule has 91 heavy (non-hydrogen) atoms. The van der Waals surface area contributed by atoms with Gasteiger partial charge in [0.25, 0.3) is 0 Å². The van der Waals surface area contributed by atoms with Gasteiger partial charge in [-0.05, 0) is 161 Å². The van der Waals surface area contributed by atoms with Gasteiger partial charge < -0.3 is 9.13 Å². The molecular weight excluding hydrogens is 1100 g/mol. The smallest absolute Gasteiger partial charge is 0.155 e. The Labute approximate surface area is 530 Å². The lowest BCUT2D eigenvalue weighted by Crippen LogP contribution is -2.24. The van der Waals surface area contributed by atoms with E-state index in [4.69, 9.17) is 9.98 Å². The molecule has 4 aliphatic rings. The first-order valence-corrected chi connectivity index (χ1v) is 32.0. The van der Waals surface area contributed by atoms with E-state index in [1.807, 2.05) is 0 Å². The Bertz CT molecular complexity index is 5600. The Balaban J connectivity index is 0.654. The van der Waals surface area contributed by atoms with Gasteiger partial charge in [0.15, 0.2) is 5.84 Å². The highest BCUT2D eigenvalue weighted by molar-refractivity contribution is 6.20. The van der Waals surface area contributed by atoms with E-state index in [2.05, 4.69) is 323 Å². The number of benzene rings is 12. The highest BCUT2D eigenvalue weighted by Gasteiger charge is 2.42. The monoisotopic (exact) mass is 1160 g/mol. The maximum Gasteiger partial charge on any atom is 0.155 e. The molecule has 0 saturated heterocycles. The Morgan fingerprint density at radius 2 is 0.967 bits per heavy atom. The Morgan fingerprint density at radius 1 is 0.418 bits per heavy atom. The molecule has 0 spiro atoms. The second kappa shape index (κ2) is 19.8. The molecule has 2 unspecified atom stereocenters. The molecule has 0 amide bonds. The summed E-state index contributed by atoms with van der Waals surface area (Å²) in [5, 5.41) is 7.43. The van der Waals surface area contributed by atoms with E-state index in [-0.39, 0.29) is 22.8 Å². The van der Waals surface area contributed by atoms with Crippen LogP contribution >= 0.6 is 0 Å². The molecule has 0 bridgehead atoms. The van der Waals surface area contributed by atoms with Crippen LogP contribution in [0.5, 0.6) is 0 Å². The number of fused-ring (bicyclic) bond motifs is 13. The number of aliphatic imine (C=N–C) groups is 2. The lowest BCUT2D eigenvalue weighted by molar-refractivity contribution is 0.639. The third kappa shape index (κ3) is 7.88. The summed E-state index contributed by atoms with van der Waals surface area (Å²) in [4.78, 5) is 11.2. The van der Waals surface area contributed by atoms with Gasteiger partial charge in [-0.15, -0.1) is 0 Å². The van der Waals surface area contributed by atoms with E-state index in [0.717, 1.165) is 45.0 Å². The van der Waals surface area contributed by atoms with E-state index < -0.39 is 0 Å². The van der Waals surface area contributed by atoms with Crippen LogP contribution in [0.15, 0.2) is 295 Å². The lowest BCUT2D eigenvalue weighted by Gasteiger charge is -2.26. The number of nitrogens with zero attached hydrogens (tertiary/aromatic N) is 4. The van der Waals surface area contributed by atoms with Gasteiger partial charge in [0.2, 0.25) is 0 Å². The standard InChI is InChI=1S/C87H64N4/c1-52(31-43-62-53(2)86(3,4)74-27-14-10-21-64(62)74)90-77-29-16-12-23-67(77)72-49-59(40-47-79(72)90)54-32-36-56(37-33-54)63-45-46-70-81-69(63)25-18-26-71(81)84-82(70)83(57-19-8-7-9-20-57)88-85(89-84)58-38-34-55(35-39-58)60-41-48-80-73(50-60)68-24-13-17-30-78(68)91(80)61-42-44-66-65-22-11-15-28-75(65)87(5,6)76(66)51-61/h7-51,82,84H,1H2,2-6H3/b43-31-. The summed E-state index contributed by atoms with van der Waals surface area (Å²) in [5.74, 6) is 0.738. The minimum atomic E-state index is -0.127. The molecular formula is C87H64N4. The van der Waals surface area contributed by atoms with Crippen LogP contribution < -0.4 is 0 Å². The molecule has 3 heterocycles. The van der Waals surface area contributed by atoms with E-state index in [1.54, 1.807) is 0 Å². The first kappa shape index (κ1) is 53.1. The van der Waals surface area contributed by atoms with Crippen molar-refractivity contribution in [2.45, 2.75) is 57.4 Å². The van der Waals surface area contributed by atoms with Gasteiger partial charge in [0.1, 0.15) is 0 Å². The highest BCUT2D eigenvalue weighted by Crippen LogP contribution is 2.54. The number of para-hydroxylation sites is 2. The van der Waals surface area contributed by atoms with Crippen LogP contribution in [0.4, 0.5) is 0 Å². The molecule has 432 valence electrons. The lowest BCUT2D eigenvalue weighted by atomic mass is 9.82. The maximum absolute atomic E-state index is 5.64. The van der Waals surface area contributed by atoms with Gasteiger partial charge in [0.05, 0.1) is 39.7 Å². The zero-order chi connectivity index (χ0) is 61.0. The summed E-state index contributed by atoms with van der Waals surface area (Å²) < 4.78 is 4.76. The van der Waals surface area contributed by atoms with Crippen LogP contribution in [-0.4, -0.2) is 20.7 Å². The van der Waals surface area contributed by atoms with Crippen LogP contribution in [0, 0.1) is 0 Å². The SMILES string of the molecule is C=C(/C=C\C1=C(C)C(C)(C)c2ccccc21)n1c2ccccc2c2cc(-c3ccc(-c4ccc5c6c(cccc46)C4N=C(c6ccc(-c7ccc8c(c7)c7ccccc7n8-c7ccc8c(c7)C(C)(C)c7ccccc7-8)cc6)N=C(c6ccccc6)C54)cc3)ccc21. The third-order valence-electron chi connectivity index (χ3n) is 21.1. The Hall–Kier alpha value is -10.9. The number of hydrogen-bond donors (Lipinski definition) is 0. The number of aromatic nitrogens is 2. The summed E-state index contributed by atoms with van der Waals surface area (Å²) in [7, 11) is 0. The number of amidine groups is 1. The molecule has 0 fully saturated rings. The van der Waals surface area contributed by atoms with Crippen molar-refractivity contribution in [1.82, 2.24) is 9.13 Å². The van der Waals surface area contributed by atoms with Crippen molar-refractivity contribution >= 4 is 77.2 Å². The van der Waals surface area contributed by atoms with Crippen molar-refractivity contribution < 1.29 is 0 Å². The fourth-order valence-corrected chi connectivity index (χ4v) is 16.2. The molecule has 2 aromatic heterocycles. The first-order chi connectivity index (χ1) is 44.5. The van der Waals surface area contributed by atoms with Crippen molar-refractivity contribution in [3.05, 3.63) is 330 Å². The molecule has 12 aromatic carbocycles. The normalized spacial score (nSPS) is 16.7. The topological polar surface area (TPSA) is 34.6 Å². The van der Waals surface area contributed by atoms with Crippen LogP contribution in [0.3, 0.4) is 0 Å². The van der Waals surface area contributed by atoms with Gasteiger partial charge in [-0.1, -0.05) is 258 Å². The Morgan fingerprint density at radius 3 is 1.71 bits per heavy atom. The third-order valence-corrected chi connectivity index (χ3v) is 21.1. The molecule has 3 aliphatic carbocycles. The van der Waals surface area contributed by atoms with Crippen molar-refractivity contribution in [3.63, 3.8) is 0 Å². The van der Waals surface area contributed by atoms with E-state index in [9.17, 15) is 0 Å². The van der Waals surface area contributed by atoms with Gasteiger partial charge in [-0.25, -0.2) is 4.99 Å². The fourth-order valence-electron chi connectivity index (χ4n) is 16.2. The maximum atomic E-state index is 5.64. The fraction of sp³-hybridized carbons (Fsp3) is 0.103. The minimum absolute atomic E-state index is 0.0161. The van der Waals surface area contributed by atoms with Crippen LogP contribution in [0.2, 0.25) is 0 Å². The van der Waals surface area contributed by atoms with Crippen LogP contribution in [0.1, 0.15) is 91.1 Å². The van der Waals surface area contributed by atoms with Gasteiger partial charge >= 0.3 is 0 Å². The Kier molecular flexibility index (Phi) is 11.5. The predicted molar refractivity (Wildman–Crippen MR) is 383 cm³/mol. The molecule has 2 atom stereocenters. The molecule has 14 aromatic rings. The average Bonchev–Trinajstić information content (AvgIpc) is 1.61. The zero-order valence-corrected chi connectivity index (χ0v) is 51.6. The highest BCUT2D eigenvalue weighted by atomic mass is 15.0. The molecule has 4 heteroatoms. The van der Waals surface area contributed by atoms with E-state index in [1.165, 1.54) is 133 Å². The average molecular weight is 1170 g/mol. The van der Waals surface area contributed by atoms with E-state index in [0.29, 0.717) is 0 Å². The van der Waals surface area contributed by atoms with E-state index >= 15 is 0 Å². The van der Waals surface area contributed by atoms with Gasteiger partial charge in [0, 0.05) is 49.3 Å². The number of rotatable bonds is 9. The summed E-state index contributed by atoms with van der Waals surface area (Å²) in [6, 6.07) is 96.3. The predicted octanol–water partition coefficient (Wildman–Crippen LogP) is 22.2.